The molecule has 0 aromatic heterocycles. The molecule has 0 rings (SSSR count). The number of hydrogen-bond donors (Lipinski definition) is 0. The van der Waals surface area contributed by atoms with Crippen LogP contribution in [0, 0.1) is 0 Å². The van der Waals surface area contributed by atoms with Gasteiger partial charge in [0.1, 0.15) is 0 Å². The van der Waals surface area contributed by atoms with Gasteiger partial charge in [-0.2, -0.15) is 0 Å². The summed E-state index contributed by atoms with van der Waals surface area (Å²) in [5.41, 5.74) is 0. The molecule has 0 saturated carbocycles. The van der Waals surface area contributed by atoms with E-state index < -0.39 is 134 Å². The molecule has 0 aliphatic rings. The lowest BCUT2D eigenvalue weighted by atomic mass is 8.30. The van der Waals surface area contributed by atoms with Gasteiger partial charge in [0.15, 0.2) is 0 Å². The van der Waals surface area contributed by atoms with Crippen LogP contribution in [-0.4, -0.2) is 319 Å². The van der Waals surface area contributed by atoms with E-state index in [2.05, 4.69) is 0 Å². The van der Waals surface area contributed by atoms with Crippen LogP contribution in [0.1, 0.15) is 0 Å². The van der Waals surface area contributed by atoms with Crippen LogP contribution in [0.3, 0.4) is 0 Å². The van der Waals surface area contributed by atoms with E-state index in [1.165, 1.54) is 0 Å². The fourth-order valence-electron chi connectivity index (χ4n) is 6.42. The summed E-state index contributed by atoms with van der Waals surface area (Å²) in [7, 11) is 145. The van der Waals surface area contributed by atoms with Crippen molar-refractivity contribution in [2.45, 2.75) is 0 Å². The first-order valence-electron chi connectivity index (χ1n) is 14.7. The summed E-state index contributed by atoms with van der Waals surface area (Å²) in [6.45, 7) is 0. The number of rotatable bonds is 21. The van der Waals surface area contributed by atoms with Crippen LogP contribution in [0.25, 0.3) is 0 Å². The van der Waals surface area contributed by atoms with E-state index in [1.807, 2.05) is 0 Å². The Labute approximate surface area is 316 Å². The Morgan fingerprint density at radius 3 is 0.733 bits per heavy atom. The Morgan fingerprint density at radius 1 is 0.200 bits per heavy atom. The van der Waals surface area contributed by atoms with Crippen LogP contribution in [0.4, 0.5) is 0 Å². The first-order chi connectivity index (χ1) is 20.4. The van der Waals surface area contributed by atoms with Gasteiger partial charge in [0.05, 0.1) is 0 Å². The van der Waals surface area contributed by atoms with Crippen LogP contribution < -0.4 is 0 Å². The molecule has 0 aliphatic heterocycles. The van der Waals surface area contributed by atoms with Gasteiger partial charge < -0.3 is 0 Å². The quantitative estimate of drug-likeness (QED) is 0.142. The summed E-state index contributed by atoms with van der Waals surface area (Å²) >= 11 is 0. The molecule has 0 bridgehead atoms. The molecule has 0 saturated heterocycles. The van der Waals surface area contributed by atoms with Gasteiger partial charge in [-0.25, -0.2) is 0 Å². The summed E-state index contributed by atoms with van der Waals surface area (Å²) in [5, 5.41) is 0. The van der Waals surface area contributed by atoms with Gasteiger partial charge in [0, 0.05) is 319 Å². The molecule has 0 aromatic carbocycles. The van der Waals surface area contributed by atoms with E-state index in [1.54, 1.807) is 7.06 Å². The first kappa shape index (κ1) is 47.9. The summed E-state index contributed by atoms with van der Waals surface area (Å²) in [6.07, 6.45) is -23.4. The summed E-state index contributed by atoms with van der Waals surface area (Å²) in [5.74, 6) is 0. The minimum atomic E-state index is -1.28. The van der Waals surface area contributed by atoms with Gasteiger partial charge in [0.25, 0.3) is 0 Å². The zero-order valence-corrected chi connectivity index (χ0v) is 26.0. The molecule has 47 radical (unpaired) electrons. The second-order valence-corrected chi connectivity index (χ2v) is 12.3. The van der Waals surface area contributed by atoms with Gasteiger partial charge in [-0.3, -0.25) is 0 Å². The summed E-state index contributed by atoms with van der Waals surface area (Å²) in [4.78, 5) is 0. The maximum absolute atomic E-state index is 6.89. The summed E-state index contributed by atoms with van der Waals surface area (Å²) in [6, 6.07) is 0. The molecule has 0 heterocycles. The smallest absolute Gasteiger partial charge is 0 e. The van der Waals surface area contributed by atoms with Crippen LogP contribution in [0.2, 0.25) is 0 Å². The molecule has 135 valence electrons. The third-order valence-corrected chi connectivity index (χ3v) is 8.89. The Balaban J connectivity index is 8.14. The number of hydrogen-bond acceptors (Lipinski definition) is 0. The third-order valence-electron chi connectivity index (χ3n) is 8.89. The Bertz CT molecular complexity index is 724. The third kappa shape index (κ3) is 13.8. The minimum absolute atomic E-state index is 0.962. The maximum Gasteiger partial charge on any atom is 0 e. The topological polar surface area (TPSA) is 0 Å². The van der Waals surface area contributed by atoms with Gasteiger partial charge in [-0.15, -0.1) is 0 Å². The molecular weight excluding hydrogens is 487 g/mol. The van der Waals surface area contributed by atoms with Crippen molar-refractivity contribution in [1.29, 1.82) is 0 Å². The highest BCUT2D eigenvalue weighted by atomic mass is 13.3. The SMILES string of the molecule is [B]B([B])B([B])B([B]B(B(B([B])[B])B([B])B(B([B])[B])B([B])B([B])[B])B(B(B([B])[B])B([B])B([B])[B])B(B([B])[B])B([B])B([B])[B])B([B])[B]. The molecule has 0 spiro atoms. The van der Waals surface area contributed by atoms with Crippen molar-refractivity contribution in [3.05, 3.63) is 0 Å². The van der Waals surface area contributed by atoms with Gasteiger partial charge in [-0.1, -0.05) is 0 Å². The highest BCUT2D eigenvalue weighted by Gasteiger charge is 2.53. The van der Waals surface area contributed by atoms with Gasteiger partial charge in [-0.05, 0) is 0 Å². The van der Waals surface area contributed by atoms with E-state index >= 15 is 0 Å². The standard InChI is InChI=1S/B45/c1-25(2)34(19)39(29(9)10)24-40(42(31(13)14)38(23)41(30(11)12)35(20)26(3)4)45(43(32(15)16)36(21)27(5)6)44(33(17)18)37(22)28(7)8. The lowest BCUT2D eigenvalue weighted by Gasteiger charge is -2.51. The van der Waals surface area contributed by atoms with E-state index in [4.69, 9.17) is 178 Å². The van der Waals surface area contributed by atoms with E-state index in [0.717, 1.165) is 0 Å². The van der Waals surface area contributed by atoms with E-state index in [0.29, 0.717) is 0 Å². The van der Waals surface area contributed by atoms with Crippen LogP contribution in [-0.2, 0) is 0 Å². The van der Waals surface area contributed by atoms with Gasteiger partial charge >= 0.3 is 0 Å². The zero-order chi connectivity index (χ0) is 35.8. The molecular formula is B45. The van der Waals surface area contributed by atoms with E-state index in [-0.39, 0.29) is 0 Å². The monoisotopic (exact) mass is 495 g/mol. The second-order valence-electron chi connectivity index (χ2n) is 12.3. The molecule has 0 nitrogen and oxygen atoms in total. The first-order valence-corrected chi connectivity index (χ1v) is 14.7. The van der Waals surface area contributed by atoms with E-state index in [9.17, 15) is 0 Å². The Hall–Kier alpha value is 2.92. The van der Waals surface area contributed by atoms with Crippen molar-refractivity contribution in [2.24, 2.45) is 0 Å². The van der Waals surface area contributed by atoms with Crippen molar-refractivity contribution >= 4 is 319 Å². The van der Waals surface area contributed by atoms with Crippen molar-refractivity contribution in [2.75, 3.05) is 0 Å². The minimum Gasteiger partial charge on any atom is 0 e. The second kappa shape index (κ2) is 22.1. The zero-order valence-electron chi connectivity index (χ0n) is 26.0. The highest BCUT2D eigenvalue weighted by molar-refractivity contribution is 8.29. The molecule has 45 heteroatoms. The molecule has 0 aliphatic carbocycles. The van der Waals surface area contributed by atoms with Crippen molar-refractivity contribution in [3.63, 3.8) is 0 Å². The van der Waals surface area contributed by atoms with Crippen molar-refractivity contribution < 1.29 is 0 Å². The molecule has 0 amide bonds. The molecule has 0 unspecified atom stereocenters. The molecule has 0 atom stereocenters. The average molecular weight is 487 g/mol. The fourth-order valence-corrected chi connectivity index (χ4v) is 6.42. The van der Waals surface area contributed by atoms with Gasteiger partial charge in [0.2, 0.25) is 0 Å². The Kier molecular flexibility index (Phi) is 23.5. The molecule has 0 N–H and O–H groups in total. The molecule has 45 heavy (non-hydrogen) atoms. The normalized spacial score (nSPS) is 9.60. The predicted octanol–water partition coefficient (Wildman–Crippen LogP) is -17.1. The predicted molar refractivity (Wildman–Crippen MR) is 259 cm³/mol. The van der Waals surface area contributed by atoms with Crippen molar-refractivity contribution in [1.82, 2.24) is 0 Å². The fraction of sp³-hybridized carbons (Fsp3) is 0. The largest absolute Gasteiger partial charge is 0 e. The lowest BCUT2D eigenvalue weighted by Crippen LogP contribution is -2.89. The Morgan fingerprint density at radius 2 is 0.489 bits per heavy atom. The highest BCUT2D eigenvalue weighted by Crippen LogP contribution is 2.15. The van der Waals surface area contributed by atoms with Crippen molar-refractivity contribution in [3.8, 4) is 0 Å². The average Bonchev–Trinajstić information content (AvgIpc) is 2.88. The summed E-state index contributed by atoms with van der Waals surface area (Å²) < 4.78 is 0. The van der Waals surface area contributed by atoms with Crippen LogP contribution in [0.15, 0.2) is 0 Å². The molecule has 0 aromatic rings. The lowest BCUT2D eigenvalue weighted by molar-refractivity contribution is 3.25. The van der Waals surface area contributed by atoms with Crippen LogP contribution >= 0.6 is 0 Å². The molecule has 0 fully saturated rings. The maximum atomic E-state index is 6.89. The van der Waals surface area contributed by atoms with Crippen LogP contribution in [0.5, 0.6) is 0 Å².